The van der Waals surface area contributed by atoms with Crippen LogP contribution in [0.25, 0.3) is 0 Å². The molecule has 0 aromatic heterocycles. The molecular weight excluding hydrogens is 653 g/mol. The molecule has 5 fully saturated rings. The van der Waals surface area contributed by atoms with Crippen LogP contribution >= 0.6 is 0 Å². The van der Waals surface area contributed by atoms with E-state index in [0.29, 0.717) is 36.0 Å². The predicted molar refractivity (Wildman–Crippen MR) is 222 cm³/mol. The maximum Gasteiger partial charge on any atom is 0.306 e. The Balaban J connectivity index is 1.01. The van der Waals surface area contributed by atoms with Crippen molar-refractivity contribution < 1.29 is 19.4 Å². The van der Waals surface area contributed by atoms with Gasteiger partial charge in [-0.2, -0.15) is 0 Å². The van der Waals surface area contributed by atoms with Crippen molar-refractivity contribution in [3.8, 4) is 0 Å². The minimum atomic E-state index is -0.241. The summed E-state index contributed by atoms with van der Waals surface area (Å²) in [6, 6.07) is 0. The molecule has 4 aliphatic carbocycles. The fraction of sp³-hybridized carbons (Fsp3) is 0.980. The van der Waals surface area contributed by atoms with E-state index < -0.39 is 0 Å². The van der Waals surface area contributed by atoms with Crippen LogP contribution in [0.1, 0.15) is 235 Å². The van der Waals surface area contributed by atoms with Crippen LogP contribution in [0.2, 0.25) is 0 Å². The van der Waals surface area contributed by atoms with E-state index in [0.717, 1.165) is 44.9 Å². The van der Waals surface area contributed by atoms with Crippen molar-refractivity contribution in [2.75, 3.05) is 0 Å². The Morgan fingerprint density at radius 1 is 0.623 bits per heavy atom. The Morgan fingerprint density at radius 2 is 1.15 bits per heavy atom. The lowest BCUT2D eigenvalue weighted by Crippen LogP contribution is -2.64. The average molecular weight is 741 g/mol. The number of carbonyl (C=O) groups excluding carboxylic acids is 1. The smallest absolute Gasteiger partial charge is 0.306 e. The van der Waals surface area contributed by atoms with E-state index in [4.69, 9.17) is 9.47 Å². The number of rotatable bonds is 20. The van der Waals surface area contributed by atoms with E-state index in [1.54, 1.807) is 0 Å². The summed E-state index contributed by atoms with van der Waals surface area (Å²) in [7, 11) is 0. The van der Waals surface area contributed by atoms with Gasteiger partial charge in [-0.05, 0) is 132 Å². The fourth-order valence-corrected chi connectivity index (χ4v) is 14.3. The number of ether oxygens (including phenoxy) is 2. The van der Waals surface area contributed by atoms with Gasteiger partial charge in [0, 0.05) is 11.8 Å². The second-order valence-electron chi connectivity index (χ2n) is 21.6. The number of aliphatic hydroxyl groups excluding tert-OH is 1. The van der Waals surface area contributed by atoms with Gasteiger partial charge < -0.3 is 14.6 Å². The maximum atomic E-state index is 13.2. The Morgan fingerprint density at radius 3 is 1.72 bits per heavy atom. The number of esters is 1. The lowest BCUT2D eigenvalue weighted by molar-refractivity contribution is -0.238. The molecule has 1 aliphatic heterocycles. The van der Waals surface area contributed by atoms with Crippen molar-refractivity contribution in [3.63, 3.8) is 0 Å². The molecule has 5 aliphatic rings. The van der Waals surface area contributed by atoms with E-state index in [2.05, 4.69) is 55.4 Å². The highest BCUT2D eigenvalue weighted by Crippen LogP contribution is 2.72. The van der Waals surface area contributed by atoms with E-state index in [9.17, 15) is 9.90 Å². The molecule has 308 valence electrons. The van der Waals surface area contributed by atoms with Crippen molar-refractivity contribution in [1.29, 1.82) is 0 Å². The zero-order valence-corrected chi connectivity index (χ0v) is 36.5. The first-order valence-electron chi connectivity index (χ1n) is 23.8. The monoisotopic (exact) mass is 741 g/mol. The molecule has 4 saturated carbocycles. The van der Waals surface area contributed by atoms with Gasteiger partial charge in [-0.1, -0.05) is 137 Å². The van der Waals surface area contributed by atoms with E-state index >= 15 is 0 Å². The molecule has 0 aromatic rings. The number of aliphatic hydroxyl groups is 1. The molecule has 0 radical (unpaired) electrons. The van der Waals surface area contributed by atoms with E-state index in [1.807, 2.05) is 0 Å². The topological polar surface area (TPSA) is 55.8 Å². The molecule has 1 N–H and O–H groups in total. The molecule has 53 heavy (non-hydrogen) atoms. The van der Waals surface area contributed by atoms with Crippen molar-refractivity contribution in [3.05, 3.63) is 0 Å². The number of fused-ring (bicyclic) bond motifs is 5. The van der Waals surface area contributed by atoms with Crippen LogP contribution in [0.15, 0.2) is 0 Å². The summed E-state index contributed by atoms with van der Waals surface area (Å²) < 4.78 is 13.3. The normalized spacial score (nSPS) is 38.8. The molecule has 4 nitrogen and oxygen atoms in total. The minimum Gasteiger partial charge on any atom is -0.462 e. The van der Waals surface area contributed by atoms with Crippen LogP contribution in [0, 0.1) is 45.8 Å². The molecule has 0 aromatic carbocycles. The summed E-state index contributed by atoms with van der Waals surface area (Å²) in [6.07, 6.45) is 34.8. The first-order valence-corrected chi connectivity index (χ1v) is 23.8. The highest BCUT2D eigenvalue weighted by molar-refractivity contribution is 5.69. The average Bonchev–Trinajstić information content (AvgIpc) is 3.57. The quantitative estimate of drug-likeness (QED) is 0.0997. The Kier molecular flexibility index (Phi) is 15.4. The largest absolute Gasteiger partial charge is 0.462 e. The third-order valence-corrected chi connectivity index (χ3v) is 17.0. The van der Waals surface area contributed by atoms with Gasteiger partial charge in [0.2, 0.25) is 0 Å². The predicted octanol–water partition coefficient (Wildman–Crippen LogP) is 13.9. The van der Waals surface area contributed by atoms with Crippen molar-refractivity contribution in [2.45, 2.75) is 259 Å². The van der Waals surface area contributed by atoms with Crippen LogP contribution in [-0.2, 0) is 14.3 Å². The summed E-state index contributed by atoms with van der Waals surface area (Å²) in [4.78, 5) is 13.2. The summed E-state index contributed by atoms with van der Waals surface area (Å²) in [6.45, 7) is 19.2. The molecule has 2 unspecified atom stereocenters. The molecule has 0 amide bonds. The summed E-state index contributed by atoms with van der Waals surface area (Å²) in [5.41, 5.74) is 0.193. The molecule has 0 spiro atoms. The molecular formula is C49H88O4. The number of carbonyl (C=O) groups is 1. The first-order chi connectivity index (χ1) is 25.2. The number of hydrogen-bond donors (Lipinski definition) is 1. The lowest BCUT2D eigenvalue weighted by Gasteiger charge is -2.68. The summed E-state index contributed by atoms with van der Waals surface area (Å²) >= 11 is 0. The van der Waals surface area contributed by atoms with Crippen molar-refractivity contribution >= 4 is 5.97 Å². The Labute approximate surface area is 328 Å². The number of hydrogen-bond acceptors (Lipinski definition) is 4. The second kappa shape index (κ2) is 18.8. The Hall–Kier alpha value is -0.610. The van der Waals surface area contributed by atoms with Gasteiger partial charge in [0.05, 0.1) is 17.3 Å². The van der Waals surface area contributed by atoms with E-state index in [1.165, 1.54) is 128 Å². The highest BCUT2D eigenvalue weighted by atomic mass is 16.5. The van der Waals surface area contributed by atoms with Crippen molar-refractivity contribution in [1.82, 2.24) is 0 Å². The van der Waals surface area contributed by atoms with Crippen molar-refractivity contribution in [2.24, 2.45) is 45.8 Å². The molecule has 0 bridgehead atoms. The minimum absolute atomic E-state index is 0.00658. The van der Waals surface area contributed by atoms with Crippen LogP contribution in [0.3, 0.4) is 0 Å². The van der Waals surface area contributed by atoms with Gasteiger partial charge in [0.15, 0.2) is 0 Å². The fourth-order valence-electron chi connectivity index (χ4n) is 14.3. The van der Waals surface area contributed by atoms with Gasteiger partial charge in [-0.3, -0.25) is 4.79 Å². The third kappa shape index (κ3) is 10.1. The van der Waals surface area contributed by atoms with E-state index in [-0.39, 0.29) is 45.6 Å². The maximum absolute atomic E-state index is 13.2. The first kappa shape index (κ1) is 43.5. The van der Waals surface area contributed by atoms with Crippen LogP contribution in [0.4, 0.5) is 0 Å². The van der Waals surface area contributed by atoms with Gasteiger partial charge in [-0.25, -0.2) is 0 Å². The molecule has 5 rings (SSSR count). The van der Waals surface area contributed by atoms with Gasteiger partial charge >= 0.3 is 5.97 Å². The van der Waals surface area contributed by atoms with Gasteiger partial charge in [-0.15, -0.1) is 0 Å². The zero-order valence-electron chi connectivity index (χ0n) is 36.5. The van der Waals surface area contributed by atoms with Crippen LogP contribution in [0.5, 0.6) is 0 Å². The molecule has 10 atom stereocenters. The molecule has 4 heteroatoms. The van der Waals surface area contributed by atoms with Crippen LogP contribution in [-0.4, -0.2) is 34.5 Å². The second-order valence-corrected chi connectivity index (χ2v) is 21.6. The Bertz CT molecular complexity index is 1130. The third-order valence-electron chi connectivity index (χ3n) is 17.0. The summed E-state index contributed by atoms with van der Waals surface area (Å²) in [5, 5.41) is 12.1. The molecule has 1 saturated heterocycles. The SMILES string of the molecule is CCCCCCCCCCCCCCCCCCCC(=O)O[C@H]1CC[C@@]2(C)C(CC[C@@]3(C)C4CC[C@H]([C@@]5(C)CCCC(C)(C)O5)[C@H]4[C@H](O)C[C@@H]32)C1(C)C. The zero-order chi connectivity index (χ0) is 38.3. The standard InChI is InChI=1S/C49H88O4/c1-9-10-11-12-13-14-15-16-17-18-19-20-21-22-23-24-25-27-43(51)52-42-31-35-48(7)40(46(42,4)5)30-34-47(6)37-28-29-38(44(37)39(50)36-41(47)48)49(8)33-26-32-45(2,3)53-49/h37-42,44,50H,9-36H2,1-8H3/t37?,38-,39+,40?,41-,42-,44-,47-,48-,49+/m0/s1. The van der Waals surface area contributed by atoms with Gasteiger partial charge in [0.1, 0.15) is 6.10 Å². The highest BCUT2D eigenvalue weighted by Gasteiger charge is 2.68. The van der Waals surface area contributed by atoms with Crippen LogP contribution < -0.4 is 0 Å². The lowest BCUT2D eigenvalue weighted by atomic mass is 9.38. The summed E-state index contributed by atoms with van der Waals surface area (Å²) in [5.74, 6) is 2.45. The molecule has 1 heterocycles. The van der Waals surface area contributed by atoms with Gasteiger partial charge in [0.25, 0.3) is 0 Å². The number of unbranched alkanes of at least 4 members (excludes halogenated alkanes) is 16.